The summed E-state index contributed by atoms with van der Waals surface area (Å²) < 4.78 is 0. The van der Waals surface area contributed by atoms with Gasteiger partial charge < -0.3 is 5.11 Å². The highest BCUT2D eigenvalue weighted by molar-refractivity contribution is 5.82. The molecule has 2 heteroatoms. The molecule has 17 heavy (non-hydrogen) atoms. The lowest BCUT2D eigenvalue weighted by atomic mass is 9.96. The first-order valence-electron chi connectivity index (χ1n) is 7.09. The molecular formula is C15H24O2. The third kappa shape index (κ3) is 3.19. The topological polar surface area (TPSA) is 37.3 Å². The predicted octanol–water partition coefficient (Wildman–Crippen LogP) is 3.24. The Morgan fingerprint density at radius 3 is 3.06 bits per heavy atom. The highest BCUT2D eigenvalue weighted by Gasteiger charge is 2.38. The van der Waals surface area contributed by atoms with Gasteiger partial charge in [-0.2, -0.15) is 0 Å². The summed E-state index contributed by atoms with van der Waals surface area (Å²) >= 11 is 0. The van der Waals surface area contributed by atoms with Gasteiger partial charge >= 0.3 is 0 Å². The summed E-state index contributed by atoms with van der Waals surface area (Å²) in [6, 6.07) is 0. The minimum absolute atomic E-state index is 0.127. The van der Waals surface area contributed by atoms with Crippen LogP contribution in [-0.2, 0) is 4.79 Å². The molecule has 3 unspecified atom stereocenters. The van der Waals surface area contributed by atoms with Crippen LogP contribution >= 0.6 is 0 Å². The fraction of sp³-hybridized carbons (Fsp3) is 0.800. The molecule has 0 saturated heterocycles. The number of fused-ring (bicyclic) bond motifs is 1. The molecule has 1 N–H and O–H groups in total. The fourth-order valence-corrected chi connectivity index (χ4v) is 3.30. The minimum atomic E-state index is -0.127. The Labute approximate surface area is 104 Å². The Hall–Kier alpha value is -0.630. The van der Waals surface area contributed by atoms with Gasteiger partial charge in [0.05, 0.1) is 6.10 Å². The number of carbonyl (C=O) groups excluding carboxylic acids is 1. The molecule has 2 rings (SSSR count). The van der Waals surface area contributed by atoms with Crippen molar-refractivity contribution in [1.82, 2.24) is 0 Å². The van der Waals surface area contributed by atoms with Crippen molar-refractivity contribution in [1.29, 1.82) is 0 Å². The van der Waals surface area contributed by atoms with E-state index >= 15 is 0 Å². The van der Waals surface area contributed by atoms with E-state index < -0.39 is 0 Å². The number of rotatable bonds is 5. The highest BCUT2D eigenvalue weighted by Crippen LogP contribution is 2.45. The smallest absolute Gasteiger partial charge is 0.133 e. The second kappa shape index (κ2) is 5.81. The van der Waals surface area contributed by atoms with Crippen LogP contribution in [0.1, 0.15) is 58.3 Å². The van der Waals surface area contributed by atoms with E-state index in [4.69, 9.17) is 0 Å². The molecule has 0 amide bonds. The molecule has 0 radical (unpaired) electrons. The molecule has 0 heterocycles. The number of carbonyl (C=O) groups is 1. The van der Waals surface area contributed by atoms with Gasteiger partial charge in [-0.3, -0.25) is 4.79 Å². The van der Waals surface area contributed by atoms with Gasteiger partial charge in [0.2, 0.25) is 0 Å². The van der Waals surface area contributed by atoms with Gasteiger partial charge in [0.25, 0.3) is 0 Å². The highest BCUT2D eigenvalue weighted by atomic mass is 16.3. The lowest BCUT2D eigenvalue weighted by molar-refractivity contribution is -0.117. The fourth-order valence-electron chi connectivity index (χ4n) is 3.30. The van der Waals surface area contributed by atoms with Crippen molar-refractivity contribution >= 4 is 5.78 Å². The van der Waals surface area contributed by atoms with Gasteiger partial charge in [-0.05, 0) is 50.4 Å². The van der Waals surface area contributed by atoms with Gasteiger partial charge in [-0.25, -0.2) is 0 Å². The van der Waals surface area contributed by atoms with Crippen LogP contribution in [0.5, 0.6) is 0 Å². The van der Waals surface area contributed by atoms with Crippen molar-refractivity contribution in [3.8, 4) is 0 Å². The van der Waals surface area contributed by atoms with Crippen LogP contribution in [0, 0.1) is 11.8 Å². The number of Topliss-reactive ketones (excluding diaryl/α,β-unsaturated/α-hetero) is 1. The van der Waals surface area contributed by atoms with E-state index in [1.807, 2.05) is 6.92 Å². The molecular weight excluding hydrogens is 212 g/mol. The van der Waals surface area contributed by atoms with Crippen molar-refractivity contribution in [3.63, 3.8) is 0 Å². The largest absolute Gasteiger partial charge is 0.393 e. The second-order valence-electron chi connectivity index (χ2n) is 5.62. The monoisotopic (exact) mass is 236 g/mol. The lowest BCUT2D eigenvalue weighted by Gasteiger charge is -2.09. The third-order valence-electron chi connectivity index (χ3n) is 4.41. The first-order valence-corrected chi connectivity index (χ1v) is 7.09. The first-order chi connectivity index (χ1) is 8.20. The zero-order valence-corrected chi connectivity index (χ0v) is 10.8. The SMILES string of the molecule is CCC(O)CCC/C=C1\CCC2CC(=O)CC12. The van der Waals surface area contributed by atoms with Crippen molar-refractivity contribution in [2.24, 2.45) is 11.8 Å². The van der Waals surface area contributed by atoms with Crippen LogP contribution in [0.3, 0.4) is 0 Å². The minimum Gasteiger partial charge on any atom is -0.393 e. The Kier molecular flexibility index (Phi) is 4.38. The molecule has 0 aromatic carbocycles. The third-order valence-corrected chi connectivity index (χ3v) is 4.41. The summed E-state index contributed by atoms with van der Waals surface area (Å²) in [7, 11) is 0. The van der Waals surface area contributed by atoms with Crippen LogP contribution in [-0.4, -0.2) is 17.0 Å². The van der Waals surface area contributed by atoms with Crippen LogP contribution in [0.4, 0.5) is 0 Å². The Morgan fingerprint density at radius 2 is 2.29 bits per heavy atom. The average Bonchev–Trinajstić information content (AvgIpc) is 2.84. The van der Waals surface area contributed by atoms with Crippen LogP contribution in [0.25, 0.3) is 0 Å². The first kappa shape index (κ1) is 12.8. The Balaban J connectivity index is 1.76. The number of hydrogen-bond donors (Lipinski definition) is 1. The van der Waals surface area contributed by atoms with E-state index in [0.29, 0.717) is 17.6 Å². The van der Waals surface area contributed by atoms with Gasteiger partial charge in [-0.15, -0.1) is 0 Å². The van der Waals surface area contributed by atoms with E-state index in [1.54, 1.807) is 0 Å². The Morgan fingerprint density at radius 1 is 1.47 bits per heavy atom. The summed E-state index contributed by atoms with van der Waals surface area (Å²) in [5.74, 6) is 1.71. The van der Waals surface area contributed by atoms with E-state index in [1.165, 1.54) is 18.4 Å². The molecule has 0 aliphatic heterocycles. The van der Waals surface area contributed by atoms with Gasteiger partial charge in [0.15, 0.2) is 0 Å². The quantitative estimate of drug-likeness (QED) is 0.587. The molecule has 2 aliphatic carbocycles. The maximum Gasteiger partial charge on any atom is 0.133 e. The summed E-state index contributed by atoms with van der Waals surface area (Å²) in [4.78, 5) is 11.4. The number of unbranched alkanes of at least 4 members (excludes halogenated alkanes) is 1. The summed E-state index contributed by atoms with van der Waals surface area (Å²) in [5, 5.41) is 9.47. The number of aliphatic hydroxyl groups is 1. The van der Waals surface area contributed by atoms with Crippen molar-refractivity contribution < 1.29 is 9.90 Å². The van der Waals surface area contributed by atoms with Gasteiger partial charge in [0, 0.05) is 12.8 Å². The maximum absolute atomic E-state index is 11.4. The van der Waals surface area contributed by atoms with Gasteiger partial charge in [0.1, 0.15) is 5.78 Å². The maximum atomic E-state index is 11.4. The number of allylic oxidation sites excluding steroid dienone is 2. The van der Waals surface area contributed by atoms with Crippen molar-refractivity contribution in [3.05, 3.63) is 11.6 Å². The number of hydrogen-bond acceptors (Lipinski definition) is 2. The molecule has 2 aliphatic rings. The molecule has 0 aromatic rings. The number of aliphatic hydroxyl groups excluding tert-OH is 1. The molecule has 3 atom stereocenters. The standard InChI is InChI=1S/C15H24O2/c1-2-13(16)6-4-3-5-11-7-8-12-9-14(17)10-15(11)12/h5,12-13,15-16H,2-4,6-10H2,1H3/b11-5+. The predicted molar refractivity (Wildman–Crippen MR) is 68.7 cm³/mol. The summed E-state index contributed by atoms with van der Waals surface area (Å²) in [6.45, 7) is 2.02. The van der Waals surface area contributed by atoms with Crippen LogP contribution in [0.15, 0.2) is 11.6 Å². The lowest BCUT2D eigenvalue weighted by Crippen LogP contribution is -2.03. The second-order valence-corrected chi connectivity index (χ2v) is 5.62. The van der Waals surface area contributed by atoms with Crippen molar-refractivity contribution in [2.45, 2.75) is 64.4 Å². The molecule has 2 fully saturated rings. The van der Waals surface area contributed by atoms with E-state index in [-0.39, 0.29) is 6.10 Å². The van der Waals surface area contributed by atoms with E-state index in [2.05, 4.69) is 6.08 Å². The normalized spacial score (nSPS) is 32.1. The van der Waals surface area contributed by atoms with Crippen LogP contribution < -0.4 is 0 Å². The van der Waals surface area contributed by atoms with Crippen molar-refractivity contribution in [2.75, 3.05) is 0 Å². The summed E-state index contributed by atoms with van der Waals surface area (Å²) in [6.07, 6.45) is 10.2. The zero-order valence-electron chi connectivity index (χ0n) is 10.8. The Bertz CT molecular complexity index is 306. The molecule has 0 bridgehead atoms. The van der Waals surface area contributed by atoms with E-state index in [9.17, 15) is 9.90 Å². The van der Waals surface area contributed by atoms with E-state index in [0.717, 1.165) is 38.5 Å². The number of ketones is 1. The van der Waals surface area contributed by atoms with Crippen LogP contribution in [0.2, 0.25) is 0 Å². The molecule has 0 aromatic heterocycles. The average molecular weight is 236 g/mol. The van der Waals surface area contributed by atoms with Gasteiger partial charge in [-0.1, -0.05) is 18.6 Å². The molecule has 0 spiro atoms. The molecule has 2 saturated carbocycles. The summed E-state index contributed by atoms with van der Waals surface area (Å²) in [5.41, 5.74) is 1.53. The zero-order chi connectivity index (χ0) is 12.3. The molecule has 96 valence electrons. The molecule has 2 nitrogen and oxygen atoms in total.